The summed E-state index contributed by atoms with van der Waals surface area (Å²) in [6.45, 7) is 0.644. The van der Waals surface area contributed by atoms with E-state index >= 15 is 0 Å². The summed E-state index contributed by atoms with van der Waals surface area (Å²) in [6.07, 6.45) is 0. The van der Waals surface area contributed by atoms with Crippen LogP contribution in [0.15, 0.2) is 18.2 Å². The molecule has 4 nitrogen and oxygen atoms in total. The van der Waals surface area contributed by atoms with Gasteiger partial charge in [0.25, 0.3) is 10.1 Å². The molecule has 16 heavy (non-hydrogen) atoms. The molecule has 2 N–H and O–H groups in total. The first-order chi connectivity index (χ1) is 7.38. The molecule has 0 aliphatic heterocycles. The summed E-state index contributed by atoms with van der Waals surface area (Å²) in [6, 6.07) is 5.16. The third-order valence-electron chi connectivity index (χ3n) is 1.85. The predicted molar refractivity (Wildman–Crippen MR) is 64.6 cm³/mol. The monoisotopic (exact) mass is 283 g/mol. The van der Waals surface area contributed by atoms with Crippen molar-refractivity contribution in [3.63, 3.8) is 0 Å². The molecule has 90 valence electrons. The molecule has 0 saturated heterocycles. The zero-order chi connectivity index (χ0) is 12.2. The van der Waals surface area contributed by atoms with Crippen LogP contribution in [0.2, 0.25) is 10.0 Å². The normalized spacial score (nSPS) is 11.7. The van der Waals surface area contributed by atoms with Crippen LogP contribution >= 0.6 is 23.2 Å². The molecule has 1 aromatic rings. The van der Waals surface area contributed by atoms with Gasteiger partial charge in [0.15, 0.2) is 0 Å². The smallest absolute Gasteiger partial charge is 0.266 e. The Morgan fingerprint density at radius 1 is 1.25 bits per heavy atom. The maximum absolute atomic E-state index is 10.4. The topological polar surface area (TPSA) is 66.4 Å². The van der Waals surface area contributed by atoms with Gasteiger partial charge in [-0.2, -0.15) is 8.42 Å². The van der Waals surface area contributed by atoms with Gasteiger partial charge in [-0.15, -0.1) is 0 Å². The van der Waals surface area contributed by atoms with E-state index in [2.05, 4.69) is 5.32 Å². The summed E-state index contributed by atoms with van der Waals surface area (Å²) in [5, 5.41) is 3.79. The first-order valence-corrected chi connectivity index (χ1v) is 6.85. The highest BCUT2D eigenvalue weighted by atomic mass is 35.5. The van der Waals surface area contributed by atoms with Crippen LogP contribution in [-0.4, -0.2) is 25.3 Å². The van der Waals surface area contributed by atoms with Gasteiger partial charge < -0.3 is 5.32 Å². The van der Waals surface area contributed by atoms with Crippen LogP contribution < -0.4 is 5.32 Å². The van der Waals surface area contributed by atoms with Crippen LogP contribution in [0.25, 0.3) is 0 Å². The van der Waals surface area contributed by atoms with Crippen molar-refractivity contribution in [2.24, 2.45) is 0 Å². The molecule has 0 saturated carbocycles. The van der Waals surface area contributed by atoms with Crippen molar-refractivity contribution in [1.29, 1.82) is 0 Å². The number of hydrogen-bond acceptors (Lipinski definition) is 3. The molecule has 1 rings (SSSR count). The van der Waals surface area contributed by atoms with Crippen molar-refractivity contribution in [2.75, 3.05) is 12.3 Å². The van der Waals surface area contributed by atoms with Crippen molar-refractivity contribution in [1.82, 2.24) is 5.32 Å². The van der Waals surface area contributed by atoms with Crippen molar-refractivity contribution in [3.05, 3.63) is 33.8 Å². The van der Waals surface area contributed by atoms with Crippen LogP contribution in [0, 0.1) is 0 Å². The SMILES string of the molecule is O=S(=O)(O)CCNCc1ccc(Cl)c(Cl)c1. The van der Waals surface area contributed by atoms with Gasteiger partial charge in [-0.3, -0.25) is 4.55 Å². The minimum absolute atomic E-state index is 0.180. The molecule has 0 aliphatic carbocycles. The standard InChI is InChI=1S/C9H11Cl2NO3S/c10-8-2-1-7(5-9(8)11)6-12-3-4-16(13,14)15/h1-2,5,12H,3-4,6H2,(H,13,14,15). The lowest BCUT2D eigenvalue weighted by molar-refractivity contribution is 0.480. The Morgan fingerprint density at radius 2 is 1.94 bits per heavy atom. The predicted octanol–water partition coefficient (Wildman–Crippen LogP) is 1.97. The third kappa shape index (κ3) is 5.14. The number of halogens is 2. The van der Waals surface area contributed by atoms with Crippen molar-refractivity contribution in [3.8, 4) is 0 Å². The largest absolute Gasteiger partial charge is 0.312 e. The molecule has 0 unspecified atom stereocenters. The van der Waals surface area contributed by atoms with E-state index in [1.165, 1.54) is 0 Å². The average molecular weight is 284 g/mol. The molecule has 0 amide bonds. The van der Waals surface area contributed by atoms with Gasteiger partial charge in [0.05, 0.1) is 15.8 Å². The van der Waals surface area contributed by atoms with Crippen LogP contribution in [0.5, 0.6) is 0 Å². The van der Waals surface area contributed by atoms with Gasteiger partial charge >= 0.3 is 0 Å². The molecular formula is C9H11Cl2NO3S. The first-order valence-electron chi connectivity index (χ1n) is 4.48. The highest BCUT2D eigenvalue weighted by molar-refractivity contribution is 7.85. The minimum Gasteiger partial charge on any atom is -0.312 e. The minimum atomic E-state index is -3.90. The Morgan fingerprint density at radius 3 is 2.50 bits per heavy atom. The van der Waals surface area contributed by atoms with E-state index in [0.29, 0.717) is 16.6 Å². The van der Waals surface area contributed by atoms with E-state index in [9.17, 15) is 8.42 Å². The quantitative estimate of drug-likeness (QED) is 0.641. The fourth-order valence-corrected chi connectivity index (χ4v) is 1.81. The molecular weight excluding hydrogens is 273 g/mol. The number of rotatable bonds is 5. The van der Waals surface area contributed by atoms with Gasteiger partial charge in [0.1, 0.15) is 0 Å². The van der Waals surface area contributed by atoms with Crippen LogP contribution in [0.3, 0.4) is 0 Å². The summed E-state index contributed by atoms with van der Waals surface area (Å²) in [4.78, 5) is 0. The second-order valence-corrected chi connectivity index (χ2v) is 5.60. The van der Waals surface area contributed by atoms with E-state index in [0.717, 1.165) is 5.56 Å². The summed E-state index contributed by atoms with van der Waals surface area (Å²) in [7, 11) is -3.90. The Bertz CT molecular complexity index is 462. The fourth-order valence-electron chi connectivity index (χ4n) is 1.08. The molecule has 1 aromatic carbocycles. The van der Waals surface area contributed by atoms with Crippen molar-refractivity contribution in [2.45, 2.75) is 6.54 Å². The van der Waals surface area contributed by atoms with E-state index in [-0.39, 0.29) is 12.3 Å². The zero-order valence-corrected chi connectivity index (χ0v) is 10.6. The first kappa shape index (κ1) is 13.7. The Hall–Kier alpha value is -0.330. The van der Waals surface area contributed by atoms with Crippen LogP contribution in [0.1, 0.15) is 5.56 Å². The summed E-state index contributed by atoms with van der Waals surface area (Å²) in [5.41, 5.74) is 0.893. The molecule has 0 aliphatic rings. The van der Waals surface area contributed by atoms with E-state index in [1.807, 2.05) is 0 Å². The lowest BCUT2D eigenvalue weighted by Gasteiger charge is -2.04. The lowest BCUT2D eigenvalue weighted by atomic mass is 10.2. The molecule has 0 atom stereocenters. The van der Waals surface area contributed by atoms with E-state index < -0.39 is 10.1 Å². The van der Waals surface area contributed by atoms with Crippen molar-refractivity contribution < 1.29 is 13.0 Å². The second-order valence-electron chi connectivity index (χ2n) is 3.21. The van der Waals surface area contributed by atoms with Crippen LogP contribution in [-0.2, 0) is 16.7 Å². The molecule has 0 spiro atoms. The lowest BCUT2D eigenvalue weighted by Crippen LogP contribution is -2.22. The molecule has 7 heteroatoms. The Kier molecular flexibility index (Phi) is 5.01. The zero-order valence-electron chi connectivity index (χ0n) is 8.28. The summed E-state index contributed by atoms with van der Waals surface area (Å²) < 4.78 is 29.3. The highest BCUT2D eigenvalue weighted by Gasteiger charge is 2.03. The van der Waals surface area contributed by atoms with Gasteiger partial charge in [-0.05, 0) is 17.7 Å². The van der Waals surface area contributed by atoms with Crippen LogP contribution in [0.4, 0.5) is 0 Å². The number of hydrogen-bond donors (Lipinski definition) is 2. The molecule has 0 aromatic heterocycles. The van der Waals surface area contributed by atoms with Gasteiger partial charge in [-0.25, -0.2) is 0 Å². The molecule has 0 heterocycles. The maximum Gasteiger partial charge on any atom is 0.266 e. The number of nitrogens with one attached hydrogen (secondary N) is 1. The Labute approximate surface area is 104 Å². The third-order valence-corrected chi connectivity index (χ3v) is 3.31. The maximum atomic E-state index is 10.4. The number of benzene rings is 1. The van der Waals surface area contributed by atoms with E-state index in [1.54, 1.807) is 18.2 Å². The van der Waals surface area contributed by atoms with Gasteiger partial charge in [0, 0.05) is 13.1 Å². The Balaban J connectivity index is 2.41. The van der Waals surface area contributed by atoms with Gasteiger partial charge in [0.2, 0.25) is 0 Å². The van der Waals surface area contributed by atoms with E-state index in [4.69, 9.17) is 27.8 Å². The second kappa shape index (κ2) is 5.84. The summed E-state index contributed by atoms with van der Waals surface area (Å²) >= 11 is 11.5. The highest BCUT2D eigenvalue weighted by Crippen LogP contribution is 2.22. The van der Waals surface area contributed by atoms with Crippen molar-refractivity contribution >= 4 is 33.3 Å². The molecule has 0 fully saturated rings. The van der Waals surface area contributed by atoms with Gasteiger partial charge in [-0.1, -0.05) is 29.3 Å². The molecule has 0 radical (unpaired) electrons. The molecule has 0 bridgehead atoms. The average Bonchev–Trinajstić information content (AvgIpc) is 2.17. The fraction of sp³-hybridized carbons (Fsp3) is 0.333. The summed E-state index contributed by atoms with van der Waals surface area (Å²) in [5.74, 6) is -0.311.